The van der Waals surface area contributed by atoms with E-state index >= 15 is 0 Å². The summed E-state index contributed by atoms with van der Waals surface area (Å²) >= 11 is 0. The molecule has 0 heterocycles. The largest absolute Gasteiger partial charge is 1.00 e. The molecule has 88 valence electrons. The van der Waals surface area contributed by atoms with Gasteiger partial charge in [0.15, 0.2) is 0 Å². The van der Waals surface area contributed by atoms with Crippen LogP contribution in [0.1, 0.15) is 0 Å². The number of rotatable bonds is 2. The fourth-order valence-corrected chi connectivity index (χ4v) is 1.87. The van der Waals surface area contributed by atoms with Gasteiger partial charge in [0.25, 0.3) is 0 Å². The van der Waals surface area contributed by atoms with Gasteiger partial charge in [0.1, 0.15) is 11.5 Å². The van der Waals surface area contributed by atoms with Crippen molar-refractivity contribution in [2.75, 3.05) is 0 Å². The first kappa shape index (κ1) is 13.9. The minimum atomic E-state index is -0.0131. The maximum atomic E-state index is 11.0. The van der Waals surface area contributed by atoms with Crippen LogP contribution in [0.5, 0.6) is 17.2 Å². The summed E-state index contributed by atoms with van der Waals surface area (Å²) in [6.45, 7) is 0. The molecule has 2 nitrogen and oxygen atoms in total. The molecule has 0 amide bonds. The van der Waals surface area contributed by atoms with Gasteiger partial charge in [-0.3, -0.25) is 0 Å². The van der Waals surface area contributed by atoms with E-state index in [-0.39, 0.29) is 35.3 Å². The first-order chi connectivity index (χ1) is 8.81. The molecule has 0 bridgehead atoms. The van der Waals surface area contributed by atoms with Crippen LogP contribution < -0.4 is 39.4 Å². The van der Waals surface area contributed by atoms with E-state index in [1.807, 2.05) is 36.4 Å². The molecular weight excluding hydrogens is 247 g/mol. The first-order valence-corrected chi connectivity index (χ1v) is 5.75. The van der Waals surface area contributed by atoms with Gasteiger partial charge in [-0.1, -0.05) is 42.5 Å². The van der Waals surface area contributed by atoms with Crippen molar-refractivity contribution >= 4 is 10.8 Å². The number of fused-ring (bicyclic) bond motifs is 1. The standard InChI is InChI=1S/C16H12O2.Na/c17-14-6-9-15(10-7-14)18-16-8-5-12-3-1-2-4-13(12)11-16;/h1-11,17H;/q;+1/p-1. The summed E-state index contributed by atoms with van der Waals surface area (Å²) in [5.74, 6) is 1.43. The quantitative estimate of drug-likeness (QED) is 0.634. The van der Waals surface area contributed by atoms with Gasteiger partial charge in [0, 0.05) is 0 Å². The molecule has 0 unspecified atom stereocenters. The number of ether oxygens (including phenoxy) is 1. The maximum absolute atomic E-state index is 11.0. The zero-order chi connectivity index (χ0) is 12.4. The Labute approximate surface area is 133 Å². The molecule has 0 aliphatic carbocycles. The Morgan fingerprint density at radius 3 is 2.05 bits per heavy atom. The summed E-state index contributed by atoms with van der Waals surface area (Å²) < 4.78 is 5.70. The molecule has 0 radical (unpaired) electrons. The van der Waals surface area contributed by atoms with Crippen molar-refractivity contribution in [2.45, 2.75) is 0 Å². The second kappa shape index (κ2) is 6.11. The molecule has 0 aliphatic rings. The molecular formula is C16H11NaO2. The second-order valence-corrected chi connectivity index (χ2v) is 4.08. The first-order valence-electron chi connectivity index (χ1n) is 5.75. The van der Waals surface area contributed by atoms with Crippen molar-refractivity contribution in [1.29, 1.82) is 0 Å². The number of hydrogen-bond donors (Lipinski definition) is 0. The molecule has 0 aliphatic heterocycles. The topological polar surface area (TPSA) is 32.3 Å². The minimum Gasteiger partial charge on any atom is -0.872 e. The molecule has 3 aromatic carbocycles. The Morgan fingerprint density at radius 2 is 1.32 bits per heavy atom. The van der Waals surface area contributed by atoms with E-state index in [2.05, 4.69) is 6.07 Å². The number of benzene rings is 3. The van der Waals surface area contributed by atoms with Crippen LogP contribution in [-0.4, -0.2) is 0 Å². The van der Waals surface area contributed by atoms with Crippen molar-refractivity contribution in [1.82, 2.24) is 0 Å². The Bertz CT molecular complexity index is 678. The van der Waals surface area contributed by atoms with E-state index < -0.39 is 0 Å². The van der Waals surface area contributed by atoms with Crippen molar-refractivity contribution < 1.29 is 39.4 Å². The summed E-state index contributed by atoms with van der Waals surface area (Å²) in [4.78, 5) is 0. The van der Waals surface area contributed by atoms with Crippen LogP contribution in [0.25, 0.3) is 10.8 Å². The summed E-state index contributed by atoms with van der Waals surface area (Å²) in [5.41, 5.74) is 0. The zero-order valence-electron chi connectivity index (χ0n) is 10.7. The normalized spacial score (nSPS) is 9.89. The van der Waals surface area contributed by atoms with Gasteiger partial charge in [-0.15, -0.1) is 5.75 Å². The second-order valence-electron chi connectivity index (χ2n) is 4.08. The van der Waals surface area contributed by atoms with Gasteiger partial charge in [-0.25, -0.2) is 0 Å². The van der Waals surface area contributed by atoms with E-state index in [0.717, 1.165) is 11.1 Å². The van der Waals surface area contributed by atoms with Crippen molar-refractivity contribution in [3.63, 3.8) is 0 Å². The van der Waals surface area contributed by atoms with Gasteiger partial charge in [-0.05, 0) is 35.0 Å². The van der Waals surface area contributed by atoms with Gasteiger partial charge < -0.3 is 9.84 Å². The van der Waals surface area contributed by atoms with E-state index in [9.17, 15) is 5.11 Å². The maximum Gasteiger partial charge on any atom is 1.00 e. The molecule has 19 heavy (non-hydrogen) atoms. The Kier molecular flexibility index (Phi) is 4.48. The van der Waals surface area contributed by atoms with Gasteiger partial charge in [-0.2, -0.15) is 0 Å². The average molecular weight is 258 g/mol. The van der Waals surface area contributed by atoms with Crippen LogP contribution in [0.15, 0.2) is 66.7 Å². The summed E-state index contributed by atoms with van der Waals surface area (Å²) in [7, 11) is 0. The fraction of sp³-hybridized carbons (Fsp3) is 0. The Balaban J connectivity index is 0.00000133. The third kappa shape index (κ3) is 3.29. The van der Waals surface area contributed by atoms with Crippen LogP contribution in [0, 0.1) is 0 Å². The molecule has 0 fully saturated rings. The van der Waals surface area contributed by atoms with E-state index in [1.54, 1.807) is 12.1 Å². The van der Waals surface area contributed by atoms with Gasteiger partial charge in [0.05, 0.1) is 0 Å². The van der Waals surface area contributed by atoms with Crippen LogP contribution in [0.2, 0.25) is 0 Å². The summed E-state index contributed by atoms with van der Waals surface area (Å²) in [5, 5.41) is 13.3. The number of hydrogen-bond acceptors (Lipinski definition) is 2. The predicted molar refractivity (Wildman–Crippen MR) is 69.9 cm³/mol. The molecule has 0 atom stereocenters. The molecule has 3 rings (SSSR count). The van der Waals surface area contributed by atoms with Crippen molar-refractivity contribution in [2.24, 2.45) is 0 Å². The smallest absolute Gasteiger partial charge is 0.872 e. The average Bonchev–Trinajstić information content (AvgIpc) is 2.41. The Morgan fingerprint density at radius 1 is 0.684 bits per heavy atom. The van der Waals surface area contributed by atoms with Crippen LogP contribution >= 0.6 is 0 Å². The molecule has 0 N–H and O–H groups in total. The summed E-state index contributed by atoms with van der Waals surface area (Å²) in [6, 6.07) is 20.4. The van der Waals surface area contributed by atoms with Crippen molar-refractivity contribution in [3.8, 4) is 17.2 Å². The third-order valence-electron chi connectivity index (χ3n) is 2.78. The van der Waals surface area contributed by atoms with E-state index in [4.69, 9.17) is 4.74 Å². The van der Waals surface area contributed by atoms with Crippen LogP contribution in [0.4, 0.5) is 0 Å². The molecule has 3 heteroatoms. The fourth-order valence-electron chi connectivity index (χ4n) is 1.87. The Hall–Kier alpha value is -1.48. The molecule has 0 saturated heterocycles. The van der Waals surface area contributed by atoms with E-state index in [1.165, 1.54) is 17.5 Å². The van der Waals surface area contributed by atoms with E-state index in [0.29, 0.717) is 5.75 Å². The van der Waals surface area contributed by atoms with Gasteiger partial charge >= 0.3 is 29.6 Å². The monoisotopic (exact) mass is 258 g/mol. The predicted octanol–water partition coefficient (Wildman–Crippen LogP) is 0.710. The SMILES string of the molecule is [Na+].[O-]c1ccc(Oc2ccc3ccccc3c2)cc1. The van der Waals surface area contributed by atoms with Crippen LogP contribution in [0.3, 0.4) is 0 Å². The molecule has 3 aromatic rings. The minimum absolute atomic E-state index is 0. The van der Waals surface area contributed by atoms with Crippen molar-refractivity contribution in [3.05, 3.63) is 66.7 Å². The molecule has 0 aromatic heterocycles. The third-order valence-corrected chi connectivity index (χ3v) is 2.78. The molecule has 0 saturated carbocycles. The van der Waals surface area contributed by atoms with Crippen LogP contribution in [-0.2, 0) is 0 Å². The zero-order valence-corrected chi connectivity index (χ0v) is 12.7. The van der Waals surface area contributed by atoms with Gasteiger partial charge in [0.2, 0.25) is 0 Å². The molecule has 0 spiro atoms. The summed E-state index contributed by atoms with van der Waals surface area (Å²) in [6.07, 6.45) is 0.